The summed E-state index contributed by atoms with van der Waals surface area (Å²) in [5.41, 5.74) is 5.58. The number of fused-ring (bicyclic) bond motifs is 1. The van der Waals surface area contributed by atoms with Gasteiger partial charge in [0.2, 0.25) is 5.95 Å². The predicted molar refractivity (Wildman–Crippen MR) is 124 cm³/mol. The molecule has 1 atom stereocenters. The van der Waals surface area contributed by atoms with E-state index in [1.54, 1.807) is 11.5 Å². The number of halogens is 3. The van der Waals surface area contributed by atoms with Crippen molar-refractivity contribution in [3.05, 3.63) is 50.7 Å². The summed E-state index contributed by atoms with van der Waals surface area (Å²) in [6.07, 6.45) is -3.11. The van der Waals surface area contributed by atoms with Crippen LogP contribution >= 0.6 is 0 Å². The molecule has 2 aromatic heterocycles. The number of piperidine rings is 1. The number of alkyl halides is 3. The molecule has 35 heavy (non-hydrogen) atoms. The molecule has 0 amide bonds. The van der Waals surface area contributed by atoms with E-state index in [-0.39, 0.29) is 30.3 Å². The zero-order valence-corrected chi connectivity index (χ0v) is 19.3. The van der Waals surface area contributed by atoms with E-state index in [0.29, 0.717) is 24.6 Å². The first-order valence-corrected chi connectivity index (χ1v) is 11.0. The number of anilines is 1. The van der Waals surface area contributed by atoms with Gasteiger partial charge in [0.25, 0.3) is 5.56 Å². The van der Waals surface area contributed by atoms with E-state index >= 15 is 0 Å². The Morgan fingerprint density at radius 3 is 2.71 bits per heavy atom. The van der Waals surface area contributed by atoms with Crippen LogP contribution in [0.3, 0.4) is 0 Å². The molecule has 1 aromatic carbocycles. The second-order valence-electron chi connectivity index (χ2n) is 8.37. The summed E-state index contributed by atoms with van der Waals surface area (Å²) in [6, 6.07) is 5.13. The predicted octanol–water partition coefficient (Wildman–Crippen LogP) is 1.79. The van der Waals surface area contributed by atoms with Crippen molar-refractivity contribution in [1.82, 2.24) is 18.7 Å². The smallest absolute Gasteiger partial charge is 0.406 e. The molecule has 1 saturated heterocycles. The normalized spacial score (nSPS) is 16.3. The van der Waals surface area contributed by atoms with Crippen molar-refractivity contribution >= 4 is 17.1 Å². The zero-order chi connectivity index (χ0) is 25.3. The summed E-state index contributed by atoms with van der Waals surface area (Å²) < 4.78 is 45.7. The number of nitrogens with two attached hydrogens (primary N) is 1. The molecule has 3 aromatic rings. The maximum absolute atomic E-state index is 13.6. The van der Waals surface area contributed by atoms with Crippen LogP contribution in [0, 0.1) is 11.8 Å². The van der Waals surface area contributed by atoms with Crippen LogP contribution in [-0.4, -0.2) is 44.2 Å². The van der Waals surface area contributed by atoms with Gasteiger partial charge in [-0.05, 0) is 37.5 Å². The van der Waals surface area contributed by atoms with Crippen LogP contribution < -0.4 is 26.6 Å². The van der Waals surface area contributed by atoms with Crippen LogP contribution in [0.4, 0.5) is 19.1 Å². The van der Waals surface area contributed by atoms with Crippen molar-refractivity contribution < 1.29 is 17.9 Å². The van der Waals surface area contributed by atoms with Crippen LogP contribution in [0.1, 0.15) is 25.3 Å². The third kappa shape index (κ3) is 5.05. The average molecular weight is 490 g/mol. The van der Waals surface area contributed by atoms with Gasteiger partial charge in [-0.3, -0.25) is 18.5 Å². The molecule has 3 heterocycles. The monoisotopic (exact) mass is 490 g/mol. The molecular formula is C23H25F3N6O3. The highest BCUT2D eigenvalue weighted by atomic mass is 19.4. The number of rotatable bonds is 5. The van der Waals surface area contributed by atoms with Crippen molar-refractivity contribution in [3.8, 4) is 17.6 Å². The van der Waals surface area contributed by atoms with Gasteiger partial charge < -0.3 is 15.4 Å². The topological polar surface area (TPSA) is 100 Å². The van der Waals surface area contributed by atoms with Gasteiger partial charge in [-0.2, -0.15) is 4.98 Å². The first-order chi connectivity index (χ1) is 16.6. The fourth-order valence-corrected chi connectivity index (χ4v) is 4.26. The van der Waals surface area contributed by atoms with E-state index in [2.05, 4.69) is 21.6 Å². The first kappa shape index (κ1) is 24.4. The minimum absolute atomic E-state index is 0.0408. The van der Waals surface area contributed by atoms with Gasteiger partial charge in [0.15, 0.2) is 11.2 Å². The average Bonchev–Trinajstić information content (AvgIpc) is 3.18. The molecular weight excluding hydrogens is 465 g/mol. The van der Waals surface area contributed by atoms with Crippen molar-refractivity contribution in [2.45, 2.75) is 45.3 Å². The Morgan fingerprint density at radius 1 is 1.26 bits per heavy atom. The molecule has 2 N–H and O–H groups in total. The molecule has 9 nitrogen and oxygen atoms in total. The number of hydrogen-bond acceptors (Lipinski definition) is 6. The first-order valence-electron chi connectivity index (χ1n) is 11.0. The van der Waals surface area contributed by atoms with Crippen molar-refractivity contribution in [2.24, 2.45) is 12.8 Å². The van der Waals surface area contributed by atoms with Crippen LogP contribution in [0.5, 0.6) is 5.75 Å². The molecule has 1 unspecified atom stereocenters. The molecule has 4 rings (SSSR count). The van der Waals surface area contributed by atoms with Crippen LogP contribution in [0.15, 0.2) is 33.9 Å². The van der Waals surface area contributed by atoms with Gasteiger partial charge >= 0.3 is 12.1 Å². The summed E-state index contributed by atoms with van der Waals surface area (Å²) in [6.45, 7) is 2.86. The Bertz CT molecular complexity index is 1430. The standard InChI is InChI=1S/C23H25F3N6O3/c1-3-4-11-31-18-19(28-21(31)30-10-6-8-16(27)14-30)29(2)22(34)32(20(18)33)13-15-7-5-9-17(12-15)35-23(24,25)26/h5,7,9,12,16H,6,8,10-11,13-14,27H2,1-2H3. The summed E-state index contributed by atoms with van der Waals surface area (Å²) in [5, 5.41) is 0. The maximum atomic E-state index is 13.6. The largest absolute Gasteiger partial charge is 0.573 e. The SMILES string of the molecule is CC#CCn1c(N2CCCC(N)C2)nc2c1c(=O)n(Cc1cccc(OC(F)(F)F)c1)c(=O)n2C. The lowest BCUT2D eigenvalue weighted by atomic mass is 10.1. The summed E-state index contributed by atoms with van der Waals surface area (Å²) in [7, 11) is 1.50. The van der Waals surface area contributed by atoms with Crippen molar-refractivity contribution in [3.63, 3.8) is 0 Å². The molecule has 1 aliphatic heterocycles. The van der Waals surface area contributed by atoms with E-state index < -0.39 is 23.4 Å². The van der Waals surface area contributed by atoms with Crippen molar-refractivity contribution in [2.75, 3.05) is 18.0 Å². The number of aryl methyl sites for hydroxylation is 1. The quantitative estimate of drug-likeness (QED) is 0.548. The molecule has 0 spiro atoms. The Balaban J connectivity index is 1.84. The van der Waals surface area contributed by atoms with E-state index in [4.69, 9.17) is 5.73 Å². The third-order valence-electron chi connectivity index (χ3n) is 5.84. The number of benzene rings is 1. The van der Waals surface area contributed by atoms with Gasteiger partial charge in [0.1, 0.15) is 5.75 Å². The maximum Gasteiger partial charge on any atom is 0.573 e. The third-order valence-corrected chi connectivity index (χ3v) is 5.84. The van der Waals surface area contributed by atoms with Gasteiger partial charge in [-0.15, -0.1) is 19.1 Å². The lowest BCUT2D eigenvalue weighted by Gasteiger charge is -2.31. The Kier molecular flexibility index (Phi) is 6.62. The fourth-order valence-electron chi connectivity index (χ4n) is 4.26. The molecule has 0 radical (unpaired) electrons. The number of nitrogens with zero attached hydrogens (tertiary/aromatic N) is 5. The van der Waals surface area contributed by atoms with Crippen LogP contribution in [0.25, 0.3) is 11.2 Å². The fraction of sp³-hybridized carbons (Fsp3) is 0.435. The number of imidazole rings is 1. The van der Waals surface area contributed by atoms with Crippen LogP contribution in [-0.2, 0) is 20.1 Å². The Hall–Kier alpha value is -3.72. The Morgan fingerprint density at radius 2 is 2.03 bits per heavy atom. The number of hydrogen-bond donors (Lipinski definition) is 1. The molecule has 0 aliphatic carbocycles. The highest BCUT2D eigenvalue weighted by molar-refractivity contribution is 5.75. The number of aromatic nitrogens is 4. The molecule has 12 heteroatoms. The van der Waals surface area contributed by atoms with Gasteiger partial charge in [-0.1, -0.05) is 18.1 Å². The van der Waals surface area contributed by atoms with Crippen molar-refractivity contribution in [1.29, 1.82) is 0 Å². The highest BCUT2D eigenvalue weighted by Crippen LogP contribution is 2.25. The van der Waals surface area contributed by atoms with Gasteiger partial charge in [0, 0.05) is 26.2 Å². The van der Waals surface area contributed by atoms with E-state index in [9.17, 15) is 22.8 Å². The molecule has 0 bridgehead atoms. The lowest BCUT2D eigenvalue weighted by molar-refractivity contribution is -0.274. The zero-order valence-electron chi connectivity index (χ0n) is 19.3. The minimum Gasteiger partial charge on any atom is -0.406 e. The Labute approximate surface area is 198 Å². The molecule has 0 saturated carbocycles. The lowest BCUT2D eigenvalue weighted by Crippen LogP contribution is -2.44. The van der Waals surface area contributed by atoms with Gasteiger partial charge in [-0.25, -0.2) is 4.79 Å². The molecule has 186 valence electrons. The number of ether oxygens (including phenoxy) is 1. The highest BCUT2D eigenvalue weighted by Gasteiger charge is 2.31. The second kappa shape index (κ2) is 9.50. The minimum atomic E-state index is -4.86. The second-order valence-corrected chi connectivity index (χ2v) is 8.37. The van der Waals surface area contributed by atoms with Gasteiger partial charge in [0.05, 0.1) is 13.1 Å². The molecule has 1 fully saturated rings. The summed E-state index contributed by atoms with van der Waals surface area (Å²) >= 11 is 0. The molecule has 1 aliphatic rings. The summed E-state index contributed by atoms with van der Waals surface area (Å²) in [5.74, 6) is 5.82. The van der Waals surface area contributed by atoms with E-state index in [1.807, 2.05) is 4.90 Å². The van der Waals surface area contributed by atoms with Crippen LogP contribution in [0.2, 0.25) is 0 Å². The van der Waals surface area contributed by atoms with E-state index in [0.717, 1.165) is 29.5 Å². The van der Waals surface area contributed by atoms with E-state index in [1.165, 1.54) is 23.7 Å². The summed E-state index contributed by atoms with van der Waals surface area (Å²) in [4.78, 5) is 33.2.